The van der Waals surface area contributed by atoms with Crippen molar-refractivity contribution in [2.24, 2.45) is 0 Å². The van der Waals surface area contributed by atoms with Crippen molar-refractivity contribution in [1.29, 1.82) is 0 Å². The second-order valence-electron chi connectivity index (χ2n) is 6.34. The van der Waals surface area contributed by atoms with Gasteiger partial charge in [0.1, 0.15) is 12.6 Å². The van der Waals surface area contributed by atoms with E-state index in [1.165, 1.54) is 31.2 Å². The summed E-state index contributed by atoms with van der Waals surface area (Å²) in [6.07, 6.45) is 0. The summed E-state index contributed by atoms with van der Waals surface area (Å²) in [7, 11) is -3.99. The minimum atomic E-state index is -3.99. The quantitative estimate of drug-likeness (QED) is 0.494. The second kappa shape index (κ2) is 9.92. The third-order valence-corrected chi connectivity index (χ3v) is 5.84. The maximum absolute atomic E-state index is 12.4. The van der Waals surface area contributed by atoms with E-state index in [2.05, 4.69) is 15.4 Å². The molecule has 30 heavy (non-hydrogen) atoms. The lowest BCUT2D eigenvalue weighted by Gasteiger charge is -2.26. The number of carbonyl (C=O) groups is 3. The van der Waals surface area contributed by atoms with Crippen LogP contribution in [-0.2, 0) is 29.1 Å². The third-order valence-electron chi connectivity index (χ3n) is 4.03. The van der Waals surface area contributed by atoms with Crippen molar-refractivity contribution in [3.8, 4) is 0 Å². The molecule has 0 bridgehead atoms. The van der Waals surface area contributed by atoms with E-state index in [4.69, 9.17) is 21.1 Å². The van der Waals surface area contributed by atoms with Crippen LogP contribution >= 0.6 is 11.6 Å². The standard InChI is InChI=1S/C18H22ClN3O7S/c1-4-28-17(24)15-10(2)20-18(25)21-14(15)9-29-16(23)11(3)22-30(26,27)13-7-5-12(19)6-8-13/h5-8,10-11,22H,4,9H2,1-3H3,(H2,20,21,25). The molecule has 0 saturated carbocycles. The topological polar surface area (TPSA) is 140 Å². The Labute approximate surface area is 179 Å². The summed E-state index contributed by atoms with van der Waals surface area (Å²) in [4.78, 5) is 36.1. The largest absolute Gasteiger partial charge is 0.463 e. The predicted octanol–water partition coefficient (Wildman–Crippen LogP) is 1.07. The molecule has 2 unspecified atom stereocenters. The monoisotopic (exact) mass is 459 g/mol. The molecule has 0 aromatic heterocycles. The molecule has 0 spiro atoms. The molecular weight excluding hydrogens is 438 g/mol. The molecule has 10 nitrogen and oxygen atoms in total. The van der Waals surface area contributed by atoms with Gasteiger partial charge in [-0.1, -0.05) is 11.6 Å². The third kappa shape index (κ3) is 5.94. The zero-order valence-electron chi connectivity index (χ0n) is 16.5. The van der Waals surface area contributed by atoms with Crippen molar-refractivity contribution in [2.75, 3.05) is 13.2 Å². The zero-order valence-corrected chi connectivity index (χ0v) is 18.1. The number of halogens is 1. The van der Waals surface area contributed by atoms with E-state index in [1.807, 2.05) is 0 Å². The molecule has 3 N–H and O–H groups in total. The van der Waals surface area contributed by atoms with Gasteiger partial charge in [0.05, 0.1) is 28.8 Å². The zero-order chi connectivity index (χ0) is 22.5. The highest BCUT2D eigenvalue weighted by Crippen LogP contribution is 2.16. The fourth-order valence-corrected chi connectivity index (χ4v) is 3.94. The van der Waals surface area contributed by atoms with E-state index in [-0.39, 0.29) is 22.8 Å². The Balaban J connectivity index is 2.08. The number of hydrogen-bond acceptors (Lipinski definition) is 7. The van der Waals surface area contributed by atoms with Crippen LogP contribution in [-0.4, -0.2) is 51.7 Å². The van der Waals surface area contributed by atoms with E-state index in [1.54, 1.807) is 13.8 Å². The van der Waals surface area contributed by atoms with Crippen LogP contribution in [0, 0.1) is 0 Å². The molecule has 1 aliphatic rings. The number of rotatable bonds is 8. The lowest BCUT2D eigenvalue weighted by molar-refractivity contribution is -0.145. The smallest absolute Gasteiger partial charge is 0.338 e. The van der Waals surface area contributed by atoms with Gasteiger partial charge in [-0.15, -0.1) is 0 Å². The van der Waals surface area contributed by atoms with E-state index < -0.39 is 46.7 Å². The molecule has 1 aromatic carbocycles. The van der Waals surface area contributed by atoms with Crippen LogP contribution in [0.4, 0.5) is 4.79 Å². The molecule has 0 radical (unpaired) electrons. The van der Waals surface area contributed by atoms with Crippen LogP contribution in [0.3, 0.4) is 0 Å². The number of nitrogens with one attached hydrogen (secondary N) is 3. The molecular formula is C18H22ClN3O7S. The van der Waals surface area contributed by atoms with Gasteiger partial charge in [0, 0.05) is 5.02 Å². The minimum absolute atomic E-state index is 0.0609. The molecule has 1 aliphatic heterocycles. The maximum Gasteiger partial charge on any atom is 0.338 e. The van der Waals surface area contributed by atoms with Crippen LogP contribution < -0.4 is 15.4 Å². The Hall–Kier alpha value is -2.63. The highest BCUT2D eigenvalue weighted by atomic mass is 35.5. The molecule has 2 atom stereocenters. The van der Waals surface area contributed by atoms with E-state index in [0.29, 0.717) is 5.02 Å². The minimum Gasteiger partial charge on any atom is -0.463 e. The molecule has 2 rings (SSSR count). The van der Waals surface area contributed by atoms with Gasteiger partial charge in [-0.2, -0.15) is 4.72 Å². The number of ether oxygens (including phenoxy) is 2. The number of carbonyl (C=O) groups excluding carboxylic acids is 3. The van der Waals surface area contributed by atoms with Crippen molar-refractivity contribution in [1.82, 2.24) is 15.4 Å². The summed E-state index contributed by atoms with van der Waals surface area (Å²) in [5, 5.41) is 5.29. The summed E-state index contributed by atoms with van der Waals surface area (Å²) >= 11 is 5.75. The average Bonchev–Trinajstić information content (AvgIpc) is 2.65. The van der Waals surface area contributed by atoms with Crippen LogP contribution in [0.1, 0.15) is 20.8 Å². The molecule has 12 heteroatoms. The van der Waals surface area contributed by atoms with Crippen molar-refractivity contribution in [3.05, 3.63) is 40.6 Å². The van der Waals surface area contributed by atoms with Crippen molar-refractivity contribution in [3.63, 3.8) is 0 Å². The lowest BCUT2D eigenvalue weighted by atomic mass is 10.0. The first kappa shape index (κ1) is 23.6. The van der Waals surface area contributed by atoms with Gasteiger partial charge >= 0.3 is 18.0 Å². The second-order valence-corrected chi connectivity index (χ2v) is 8.49. The molecule has 0 fully saturated rings. The maximum atomic E-state index is 12.4. The number of urea groups is 1. The summed E-state index contributed by atoms with van der Waals surface area (Å²) in [5.74, 6) is -1.57. The van der Waals surface area contributed by atoms with Crippen molar-refractivity contribution < 1.29 is 32.3 Å². The number of hydrogen-bond donors (Lipinski definition) is 3. The van der Waals surface area contributed by atoms with E-state index >= 15 is 0 Å². The predicted molar refractivity (Wildman–Crippen MR) is 107 cm³/mol. The van der Waals surface area contributed by atoms with Gasteiger partial charge in [0.15, 0.2) is 0 Å². The van der Waals surface area contributed by atoms with Gasteiger partial charge in [-0.05, 0) is 45.0 Å². The molecule has 0 saturated heterocycles. The molecule has 0 aliphatic carbocycles. The summed E-state index contributed by atoms with van der Waals surface area (Å²) in [6, 6.07) is 2.95. The average molecular weight is 460 g/mol. The molecule has 1 heterocycles. The summed E-state index contributed by atoms with van der Waals surface area (Å²) in [6.45, 7) is 4.19. The Bertz CT molecular complexity index is 960. The molecule has 2 amide bonds. The van der Waals surface area contributed by atoms with Gasteiger partial charge in [0.2, 0.25) is 10.0 Å². The van der Waals surface area contributed by atoms with Gasteiger partial charge in [0.25, 0.3) is 0 Å². The van der Waals surface area contributed by atoms with Crippen LogP contribution in [0.5, 0.6) is 0 Å². The fourth-order valence-electron chi connectivity index (χ4n) is 2.62. The number of sulfonamides is 1. The van der Waals surface area contributed by atoms with Gasteiger partial charge in [-0.25, -0.2) is 18.0 Å². The Kier molecular flexibility index (Phi) is 7.82. The number of amides is 2. The van der Waals surface area contributed by atoms with E-state index in [0.717, 1.165) is 0 Å². The van der Waals surface area contributed by atoms with Gasteiger partial charge < -0.3 is 20.1 Å². The Morgan fingerprint density at radius 3 is 2.47 bits per heavy atom. The Morgan fingerprint density at radius 2 is 1.87 bits per heavy atom. The first-order valence-corrected chi connectivity index (χ1v) is 10.8. The molecule has 1 aromatic rings. The fraction of sp³-hybridized carbons (Fsp3) is 0.389. The first-order valence-electron chi connectivity index (χ1n) is 8.97. The lowest BCUT2D eigenvalue weighted by Crippen LogP contribution is -2.50. The molecule has 164 valence electrons. The van der Waals surface area contributed by atoms with Crippen LogP contribution in [0.2, 0.25) is 5.02 Å². The van der Waals surface area contributed by atoms with E-state index in [9.17, 15) is 22.8 Å². The Morgan fingerprint density at radius 1 is 1.23 bits per heavy atom. The van der Waals surface area contributed by atoms with Crippen molar-refractivity contribution >= 4 is 39.6 Å². The summed E-state index contributed by atoms with van der Waals surface area (Å²) < 4.78 is 37.0. The SMILES string of the molecule is CCOC(=O)C1=C(COC(=O)C(C)NS(=O)(=O)c2ccc(Cl)cc2)NC(=O)NC1C. The van der Waals surface area contributed by atoms with Crippen LogP contribution in [0.15, 0.2) is 40.4 Å². The first-order chi connectivity index (χ1) is 14.0. The van der Waals surface area contributed by atoms with Crippen molar-refractivity contribution in [2.45, 2.75) is 37.8 Å². The number of esters is 2. The highest BCUT2D eigenvalue weighted by Gasteiger charge is 2.31. The normalized spacial score (nSPS) is 17.6. The highest BCUT2D eigenvalue weighted by molar-refractivity contribution is 7.89. The van der Waals surface area contributed by atoms with Gasteiger partial charge in [-0.3, -0.25) is 4.79 Å². The number of benzene rings is 1. The van der Waals surface area contributed by atoms with Crippen LogP contribution in [0.25, 0.3) is 0 Å². The summed E-state index contributed by atoms with van der Waals surface area (Å²) in [5.41, 5.74) is 0.171.